The zero-order valence-electron chi connectivity index (χ0n) is 19.4. The number of ether oxygens (including phenoxy) is 3. The number of allylic oxidation sites excluding steroid dienone is 1. The number of carbonyl (C=O) groups excluding carboxylic acids is 2. The summed E-state index contributed by atoms with van der Waals surface area (Å²) in [6.45, 7) is 12.6. The Bertz CT molecular complexity index is 1240. The number of benzene rings is 2. The summed E-state index contributed by atoms with van der Waals surface area (Å²) >= 11 is 0. The minimum atomic E-state index is -0.527. The lowest BCUT2D eigenvalue weighted by Crippen LogP contribution is -2.09. The minimum absolute atomic E-state index is 0.291. The molecule has 174 valence electrons. The van der Waals surface area contributed by atoms with E-state index in [9.17, 15) is 9.59 Å². The first kappa shape index (κ1) is 24.3. The predicted octanol–water partition coefficient (Wildman–Crippen LogP) is 6.53. The highest BCUT2D eigenvalue weighted by Gasteiger charge is 2.15. The molecule has 0 unspecified atom stereocenters. The molecular weight excluding hydrogens is 432 g/mol. The highest BCUT2D eigenvalue weighted by atomic mass is 16.6. The Morgan fingerprint density at radius 1 is 0.824 bits per heavy atom. The first-order valence-electron chi connectivity index (χ1n) is 10.6. The molecule has 6 nitrogen and oxygen atoms in total. The first-order valence-corrected chi connectivity index (χ1v) is 10.6. The lowest BCUT2D eigenvalue weighted by Gasteiger charge is -2.12. The van der Waals surface area contributed by atoms with Crippen LogP contribution >= 0.6 is 0 Å². The van der Waals surface area contributed by atoms with Crippen LogP contribution in [0.1, 0.15) is 20.8 Å². The van der Waals surface area contributed by atoms with E-state index in [2.05, 4.69) is 13.2 Å². The quantitative estimate of drug-likeness (QED) is 0.157. The Hall–Kier alpha value is -4.32. The molecular formula is C28H26O6. The van der Waals surface area contributed by atoms with Gasteiger partial charge in [0.25, 0.3) is 0 Å². The van der Waals surface area contributed by atoms with Crippen LogP contribution in [0.5, 0.6) is 17.2 Å². The lowest BCUT2D eigenvalue weighted by atomic mass is 10.1. The van der Waals surface area contributed by atoms with Crippen molar-refractivity contribution in [3.8, 4) is 39.9 Å². The summed E-state index contributed by atoms with van der Waals surface area (Å²) < 4.78 is 22.4. The molecule has 0 bridgehead atoms. The van der Waals surface area contributed by atoms with Crippen molar-refractivity contribution in [2.75, 3.05) is 6.61 Å². The fraction of sp³-hybridized carbons (Fsp3) is 0.143. The van der Waals surface area contributed by atoms with Crippen molar-refractivity contribution < 1.29 is 28.2 Å². The molecule has 1 heterocycles. The Labute approximate surface area is 198 Å². The number of hydrogen-bond donors (Lipinski definition) is 0. The molecule has 0 radical (unpaired) electrons. The van der Waals surface area contributed by atoms with Gasteiger partial charge in [-0.2, -0.15) is 0 Å². The van der Waals surface area contributed by atoms with E-state index in [1.165, 1.54) is 0 Å². The highest BCUT2D eigenvalue weighted by Crippen LogP contribution is 2.36. The number of carbonyl (C=O) groups is 2. The predicted molar refractivity (Wildman–Crippen MR) is 131 cm³/mol. The topological polar surface area (TPSA) is 75.0 Å². The van der Waals surface area contributed by atoms with Crippen molar-refractivity contribution in [3.05, 3.63) is 91.1 Å². The molecule has 3 aromatic rings. The van der Waals surface area contributed by atoms with Crippen molar-refractivity contribution in [2.24, 2.45) is 0 Å². The van der Waals surface area contributed by atoms with Gasteiger partial charge in [-0.1, -0.05) is 25.3 Å². The smallest absolute Gasteiger partial charge is 0.338 e. The van der Waals surface area contributed by atoms with Crippen LogP contribution < -0.4 is 14.2 Å². The largest absolute Gasteiger partial charge is 0.486 e. The van der Waals surface area contributed by atoms with Gasteiger partial charge in [0.2, 0.25) is 0 Å². The monoisotopic (exact) mass is 458 g/mol. The van der Waals surface area contributed by atoms with Crippen LogP contribution in [0.15, 0.2) is 95.5 Å². The zero-order chi connectivity index (χ0) is 24.7. The van der Waals surface area contributed by atoms with Crippen LogP contribution in [0.4, 0.5) is 0 Å². The van der Waals surface area contributed by atoms with Crippen molar-refractivity contribution in [2.45, 2.75) is 20.8 Å². The van der Waals surface area contributed by atoms with Gasteiger partial charge >= 0.3 is 11.9 Å². The number of esters is 2. The maximum atomic E-state index is 12.0. The van der Waals surface area contributed by atoms with Crippen molar-refractivity contribution in [3.63, 3.8) is 0 Å². The average molecular weight is 459 g/mol. The normalized spacial score (nSPS) is 10.7. The molecule has 6 heteroatoms. The Morgan fingerprint density at radius 2 is 1.41 bits per heavy atom. The second kappa shape index (κ2) is 11.0. The van der Waals surface area contributed by atoms with Gasteiger partial charge in [0, 0.05) is 22.3 Å². The fourth-order valence-electron chi connectivity index (χ4n) is 2.81. The van der Waals surface area contributed by atoms with Gasteiger partial charge in [-0.3, -0.25) is 0 Å². The minimum Gasteiger partial charge on any atom is -0.486 e. The summed E-state index contributed by atoms with van der Waals surface area (Å²) in [5, 5.41) is 0. The molecule has 0 saturated heterocycles. The summed E-state index contributed by atoms with van der Waals surface area (Å²) in [6.07, 6.45) is 3.71. The molecule has 1 aromatic heterocycles. The van der Waals surface area contributed by atoms with E-state index >= 15 is 0 Å². The van der Waals surface area contributed by atoms with Crippen molar-refractivity contribution >= 4 is 11.9 Å². The van der Waals surface area contributed by atoms with E-state index in [1.54, 1.807) is 56.3 Å². The Morgan fingerprint density at radius 3 is 2.03 bits per heavy atom. The number of rotatable bonds is 9. The second-order valence-electron chi connectivity index (χ2n) is 7.57. The van der Waals surface area contributed by atoms with Gasteiger partial charge in [-0.15, -0.1) is 0 Å². The van der Waals surface area contributed by atoms with Crippen molar-refractivity contribution in [1.82, 2.24) is 0 Å². The molecule has 0 saturated carbocycles. The van der Waals surface area contributed by atoms with Gasteiger partial charge < -0.3 is 18.6 Å². The van der Waals surface area contributed by atoms with Gasteiger partial charge in [-0.05, 0) is 75.4 Å². The summed E-state index contributed by atoms with van der Waals surface area (Å²) in [5.74, 6) is 1.38. The van der Waals surface area contributed by atoms with E-state index in [-0.39, 0.29) is 0 Å². The molecule has 0 atom stereocenters. The highest BCUT2D eigenvalue weighted by molar-refractivity contribution is 5.89. The molecule has 0 aliphatic heterocycles. The first-order chi connectivity index (χ1) is 16.3. The van der Waals surface area contributed by atoms with E-state index in [0.717, 1.165) is 11.1 Å². The third kappa shape index (κ3) is 6.13. The Kier molecular flexibility index (Phi) is 7.88. The maximum absolute atomic E-state index is 12.0. The van der Waals surface area contributed by atoms with Gasteiger partial charge in [0.15, 0.2) is 11.5 Å². The molecule has 34 heavy (non-hydrogen) atoms. The molecule has 0 N–H and O–H groups in total. The Balaban J connectivity index is 1.83. The maximum Gasteiger partial charge on any atom is 0.338 e. The van der Waals surface area contributed by atoms with E-state index in [4.69, 9.17) is 18.6 Å². The van der Waals surface area contributed by atoms with E-state index in [1.807, 2.05) is 31.2 Å². The second-order valence-corrected chi connectivity index (χ2v) is 7.57. The van der Waals surface area contributed by atoms with Crippen LogP contribution in [0.25, 0.3) is 22.6 Å². The van der Waals surface area contributed by atoms with Gasteiger partial charge in [0.05, 0.1) is 0 Å². The average Bonchev–Trinajstić information content (AvgIpc) is 3.30. The summed E-state index contributed by atoms with van der Waals surface area (Å²) in [7, 11) is 0. The van der Waals surface area contributed by atoms with Gasteiger partial charge in [-0.25, -0.2) is 9.59 Å². The molecule has 0 amide bonds. The number of furan rings is 1. The summed E-state index contributed by atoms with van der Waals surface area (Å²) in [4.78, 5) is 23.7. The van der Waals surface area contributed by atoms with Crippen LogP contribution in [-0.2, 0) is 9.59 Å². The van der Waals surface area contributed by atoms with Crippen molar-refractivity contribution in [1.29, 1.82) is 0 Å². The zero-order valence-corrected chi connectivity index (χ0v) is 19.4. The summed E-state index contributed by atoms with van der Waals surface area (Å²) in [5.41, 5.74) is 2.19. The van der Waals surface area contributed by atoms with Gasteiger partial charge in [0.1, 0.15) is 23.9 Å². The fourth-order valence-corrected chi connectivity index (χ4v) is 2.81. The molecule has 3 rings (SSSR count). The molecule has 0 aliphatic rings. The van der Waals surface area contributed by atoms with Crippen LogP contribution in [0, 0.1) is 0 Å². The molecule has 0 aliphatic carbocycles. The summed E-state index contributed by atoms with van der Waals surface area (Å²) in [6, 6.07) is 15.9. The lowest BCUT2D eigenvalue weighted by molar-refractivity contribution is -0.131. The van der Waals surface area contributed by atoms with E-state index in [0.29, 0.717) is 46.5 Å². The SMILES string of the molecule is C=C(C)C(=O)Oc1ccc(-c2ccc(-c3ccc(OC(=O)C(=C)C)c(OC/C=C/C)c3)o2)cc1. The number of hydrogen-bond acceptors (Lipinski definition) is 6. The van der Waals surface area contributed by atoms with E-state index < -0.39 is 11.9 Å². The third-order valence-electron chi connectivity index (χ3n) is 4.65. The van der Waals surface area contributed by atoms with Crippen LogP contribution in [0.2, 0.25) is 0 Å². The molecule has 0 spiro atoms. The van der Waals surface area contributed by atoms with Crippen LogP contribution in [-0.4, -0.2) is 18.5 Å². The third-order valence-corrected chi connectivity index (χ3v) is 4.65. The standard InChI is InChI=1S/C28H26O6/c1-6-7-16-31-26-17-21(10-13-25(26)34-28(30)19(4)5)24-15-14-23(33-24)20-8-11-22(12-9-20)32-27(29)18(2)3/h6-15,17H,2,4,16H2,1,3,5H3/b7-6+. The van der Waals surface area contributed by atoms with Crippen LogP contribution in [0.3, 0.4) is 0 Å². The molecule has 2 aromatic carbocycles. The molecule has 0 fully saturated rings.